The Balaban J connectivity index is 1.30. The van der Waals surface area contributed by atoms with Crippen LogP contribution in [0.1, 0.15) is 31.2 Å². The summed E-state index contributed by atoms with van der Waals surface area (Å²) < 4.78 is 1.90. The summed E-state index contributed by atoms with van der Waals surface area (Å²) in [5.74, 6) is 3.59. The first kappa shape index (κ1) is 16.0. The lowest BCUT2D eigenvalue weighted by Crippen LogP contribution is -1.99. The molecule has 140 valence electrons. The van der Waals surface area contributed by atoms with Crippen molar-refractivity contribution in [3.63, 3.8) is 0 Å². The highest BCUT2D eigenvalue weighted by atomic mass is 15.3. The van der Waals surface area contributed by atoms with Gasteiger partial charge in [-0.2, -0.15) is 10.2 Å². The lowest BCUT2D eigenvalue weighted by atomic mass is 10.0. The van der Waals surface area contributed by atoms with Crippen LogP contribution >= 0.6 is 0 Å². The summed E-state index contributed by atoms with van der Waals surface area (Å²) in [6.07, 6.45) is 12.4. The molecule has 0 amide bonds. The van der Waals surface area contributed by atoms with Gasteiger partial charge >= 0.3 is 0 Å². The van der Waals surface area contributed by atoms with Crippen LogP contribution < -0.4 is 0 Å². The second-order valence-electron chi connectivity index (χ2n) is 8.18. The van der Waals surface area contributed by atoms with E-state index in [0.29, 0.717) is 0 Å². The van der Waals surface area contributed by atoms with Gasteiger partial charge in [-0.15, -0.1) is 0 Å². The van der Waals surface area contributed by atoms with Gasteiger partial charge in [0.2, 0.25) is 0 Å². The molecule has 2 atom stereocenters. The summed E-state index contributed by atoms with van der Waals surface area (Å²) in [4.78, 5) is 9.01. The minimum atomic E-state index is 0.749. The summed E-state index contributed by atoms with van der Waals surface area (Å²) in [5, 5.41) is 12.6. The van der Waals surface area contributed by atoms with Gasteiger partial charge in [0.15, 0.2) is 11.5 Å². The number of H-pyrrole nitrogens is 1. The van der Waals surface area contributed by atoms with E-state index in [1.165, 1.54) is 44.0 Å². The SMILES string of the molecule is c1cc(-c2ncn[nH]2)cc(-n2ncc3cc(CC4C5CCCCC54)cnc32)c1. The van der Waals surface area contributed by atoms with Gasteiger partial charge < -0.3 is 0 Å². The number of hydrogen-bond donors (Lipinski definition) is 1. The van der Waals surface area contributed by atoms with Gasteiger partial charge in [0.25, 0.3) is 0 Å². The van der Waals surface area contributed by atoms with Gasteiger partial charge in [-0.25, -0.2) is 14.6 Å². The summed E-state index contributed by atoms with van der Waals surface area (Å²) in [5.41, 5.74) is 4.19. The van der Waals surface area contributed by atoms with Crippen LogP contribution in [0.25, 0.3) is 28.1 Å². The molecule has 0 bridgehead atoms. The fraction of sp³-hybridized carbons (Fsp3) is 0.364. The number of hydrogen-bond acceptors (Lipinski definition) is 4. The van der Waals surface area contributed by atoms with Crippen LogP contribution in [0.4, 0.5) is 0 Å². The van der Waals surface area contributed by atoms with Crippen LogP contribution in [-0.2, 0) is 6.42 Å². The number of pyridine rings is 1. The molecule has 0 radical (unpaired) electrons. The van der Waals surface area contributed by atoms with Crippen LogP contribution in [0, 0.1) is 17.8 Å². The van der Waals surface area contributed by atoms with Crippen molar-refractivity contribution < 1.29 is 0 Å². The molecule has 2 fully saturated rings. The molecule has 2 aliphatic rings. The number of rotatable bonds is 4. The zero-order valence-electron chi connectivity index (χ0n) is 15.6. The molecule has 2 saturated carbocycles. The maximum atomic E-state index is 4.77. The quantitative estimate of drug-likeness (QED) is 0.585. The number of fused-ring (bicyclic) bond motifs is 2. The van der Waals surface area contributed by atoms with Gasteiger partial charge in [-0.3, -0.25) is 5.10 Å². The number of aromatic nitrogens is 6. The van der Waals surface area contributed by atoms with E-state index in [1.807, 2.05) is 35.3 Å². The van der Waals surface area contributed by atoms with E-state index in [4.69, 9.17) is 4.98 Å². The Hall–Kier alpha value is -3.02. The van der Waals surface area contributed by atoms with Crippen LogP contribution in [0.15, 0.2) is 49.1 Å². The Morgan fingerprint density at radius 2 is 1.93 bits per heavy atom. The molecule has 0 saturated heterocycles. The molecule has 6 nitrogen and oxygen atoms in total. The van der Waals surface area contributed by atoms with Crippen molar-refractivity contribution in [2.24, 2.45) is 17.8 Å². The Bertz CT molecular complexity index is 1120. The molecule has 0 aliphatic heterocycles. The minimum absolute atomic E-state index is 0.749. The predicted molar refractivity (Wildman–Crippen MR) is 107 cm³/mol. The van der Waals surface area contributed by atoms with E-state index < -0.39 is 0 Å². The summed E-state index contributed by atoms with van der Waals surface area (Å²) in [6, 6.07) is 10.4. The molecule has 6 heteroatoms. The summed E-state index contributed by atoms with van der Waals surface area (Å²) >= 11 is 0. The number of benzene rings is 1. The monoisotopic (exact) mass is 370 g/mol. The van der Waals surface area contributed by atoms with Crippen LogP contribution in [0.3, 0.4) is 0 Å². The third-order valence-corrected chi connectivity index (χ3v) is 6.55. The van der Waals surface area contributed by atoms with Crippen molar-refractivity contribution in [3.05, 3.63) is 54.6 Å². The third-order valence-electron chi connectivity index (χ3n) is 6.55. The maximum absolute atomic E-state index is 4.77. The van der Waals surface area contributed by atoms with E-state index in [-0.39, 0.29) is 0 Å². The zero-order chi connectivity index (χ0) is 18.5. The highest BCUT2D eigenvalue weighted by molar-refractivity contribution is 5.77. The molecule has 3 aromatic heterocycles. The van der Waals surface area contributed by atoms with Crippen molar-refractivity contribution in [2.45, 2.75) is 32.1 Å². The zero-order valence-corrected chi connectivity index (χ0v) is 15.6. The molecule has 3 heterocycles. The highest BCUT2D eigenvalue weighted by Crippen LogP contribution is 2.56. The fourth-order valence-electron chi connectivity index (χ4n) is 5.11. The first-order valence-electron chi connectivity index (χ1n) is 10.2. The van der Waals surface area contributed by atoms with Gasteiger partial charge in [0.05, 0.1) is 11.9 Å². The number of aromatic amines is 1. The lowest BCUT2D eigenvalue weighted by Gasteiger charge is -2.06. The minimum Gasteiger partial charge on any atom is -0.259 e. The van der Waals surface area contributed by atoms with Gasteiger partial charge in [0, 0.05) is 17.1 Å². The van der Waals surface area contributed by atoms with Crippen molar-refractivity contribution >= 4 is 11.0 Å². The summed E-state index contributed by atoms with van der Waals surface area (Å²) in [6.45, 7) is 0. The molecular weight excluding hydrogens is 348 g/mol. The molecular formula is C22H22N6. The molecule has 1 aromatic carbocycles. The van der Waals surface area contributed by atoms with Crippen molar-refractivity contribution in [1.29, 1.82) is 0 Å². The number of nitrogens with one attached hydrogen (secondary N) is 1. The highest BCUT2D eigenvalue weighted by Gasteiger charge is 2.49. The molecule has 1 N–H and O–H groups in total. The van der Waals surface area contributed by atoms with Crippen LogP contribution in [0.2, 0.25) is 0 Å². The second-order valence-corrected chi connectivity index (χ2v) is 8.18. The van der Waals surface area contributed by atoms with E-state index >= 15 is 0 Å². The van der Waals surface area contributed by atoms with Crippen LogP contribution in [-0.4, -0.2) is 29.9 Å². The maximum Gasteiger partial charge on any atom is 0.162 e. The Kier molecular flexibility index (Phi) is 3.57. The van der Waals surface area contributed by atoms with E-state index in [1.54, 1.807) is 0 Å². The van der Waals surface area contributed by atoms with Crippen molar-refractivity contribution in [3.8, 4) is 17.1 Å². The fourth-order valence-corrected chi connectivity index (χ4v) is 5.11. The first-order chi connectivity index (χ1) is 13.9. The van der Waals surface area contributed by atoms with Crippen molar-refractivity contribution in [1.82, 2.24) is 29.9 Å². The number of nitrogens with zero attached hydrogens (tertiary/aromatic N) is 5. The summed E-state index contributed by atoms with van der Waals surface area (Å²) in [7, 11) is 0. The van der Waals surface area contributed by atoms with Crippen molar-refractivity contribution in [2.75, 3.05) is 0 Å². The largest absolute Gasteiger partial charge is 0.259 e. The molecule has 2 aliphatic carbocycles. The van der Waals surface area contributed by atoms with Gasteiger partial charge in [-0.05, 0) is 60.8 Å². The molecule has 0 spiro atoms. The molecule has 2 unspecified atom stereocenters. The van der Waals surface area contributed by atoms with Crippen LogP contribution in [0.5, 0.6) is 0 Å². The topological polar surface area (TPSA) is 72.3 Å². The smallest absolute Gasteiger partial charge is 0.162 e. The van der Waals surface area contributed by atoms with E-state index in [2.05, 4.69) is 32.4 Å². The Morgan fingerprint density at radius 1 is 1.04 bits per heavy atom. The normalized spacial score (nSPS) is 23.6. The third kappa shape index (κ3) is 2.63. The average Bonchev–Trinajstić information content (AvgIpc) is 3.11. The molecule has 28 heavy (non-hydrogen) atoms. The second kappa shape index (κ2) is 6.26. The molecule has 6 rings (SSSR count). The van der Waals surface area contributed by atoms with E-state index in [0.717, 1.165) is 45.9 Å². The average molecular weight is 370 g/mol. The van der Waals surface area contributed by atoms with Gasteiger partial charge in [0.1, 0.15) is 6.33 Å². The van der Waals surface area contributed by atoms with Gasteiger partial charge in [-0.1, -0.05) is 25.0 Å². The standard InChI is InChI=1S/C22H22N6/c1-2-7-19-18(6-1)20(19)9-14-8-16-12-26-28(22(16)23-11-14)17-5-3-4-15(10-17)21-24-13-25-27-21/h3-5,8,10-13,18-20H,1-2,6-7,9H2,(H,24,25,27). The first-order valence-corrected chi connectivity index (χ1v) is 10.2. The predicted octanol–water partition coefficient (Wildman–Crippen LogP) is 4.18. The lowest BCUT2D eigenvalue weighted by molar-refractivity contribution is 0.480. The van der Waals surface area contributed by atoms with E-state index in [9.17, 15) is 0 Å². The Labute approximate surface area is 163 Å². The Morgan fingerprint density at radius 3 is 2.75 bits per heavy atom. The molecule has 4 aromatic rings.